The molecule has 0 radical (unpaired) electrons. The predicted octanol–water partition coefficient (Wildman–Crippen LogP) is 2.57. The zero-order chi connectivity index (χ0) is 18.6. The first-order valence-electron chi connectivity index (χ1n) is 9.27. The van der Waals surface area contributed by atoms with E-state index < -0.39 is 0 Å². The molecule has 1 fully saturated rings. The van der Waals surface area contributed by atoms with E-state index in [1.54, 1.807) is 13.2 Å². The summed E-state index contributed by atoms with van der Waals surface area (Å²) in [7, 11) is 1.58. The summed E-state index contributed by atoms with van der Waals surface area (Å²) in [5.74, 6) is 1.40. The number of benzene rings is 2. The molecular formula is C21H24N2O4. The van der Waals surface area contributed by atoms with Gasteiger partial charge in [-0.25, -0.2) is 0 Å². The molecule has 6 heteroatoms. The third kappa shape index (κ3) is 3.71. The van der Waals surface area contributed by atoms with Gasteiger partial charge in [0.1, 0.15) is 18.1 Å². The van der Waals surface area contributed by atoms with Crippen LogP contribution < -0.4 is 14.4 Å². The van der Waals surface area contributed by atoms with Gasteiger partial charge in [0.15, 0.2) is 0 Å². The molecule has 2 aliphatic heterocycles. The van der Waals surface area contributed by atoms with E-state index in [0.29, 0.717) is 31.0 Å². The van der Waals surface area contributed by atoms with E-state index in [-0.39, 0.29) is 5.91 Å². The second kappa shape index (κ2) is 7.88. The predicted molar refractivity (Wildman–Crippen MR) is 103 cm³/mol. The maximum absolute atomic E-state index is 13.1. The minimum Gasteiger partial charge on any atom is -0.496 e. The number of nitrogens with zero attached hydrogens (tertiary/aromatic N) is 2. The van der Waals surface area contributed by atoms with Crippen LogP contribution in [0, 0.1) is 0 Å². The Hall–Kier alpha value is -2.73. The zero-order valence-electron chi connectivity index (χ0n) is 15.5. The van der Waals surface area contributed by atoms with Crippen LogP contribution in [0.15, 0.2) is 42.5 Å². The molecule has 0 bridgehead atoms. The number of carbonyl (C=O) groups excluding carboxylic acids is 1. The molecule has 1 amide bonds. The lowest BCUT2D eigenvalue weighted by atomic mass is 10.1. The minimum absolute atomic E-state index is 0.0410. The lowest BCUT2D eigenvalue weighted by Crippen LogP contribution is -2.36. The van der Waals surface area contributed by atoms with Gasteiger partial charge in [0.25, 0.3) is 5.91 Å². The Balaban J connectivity index is 1.59. The van der Waals surface area contributed by atoms with Gasteiger partial charge in [0.05, 0.1) is 32.4 Å². The molecule has 1 saturated heterocycles. The monoisotopic (exact) mass is 368 g/mol. The molecular weight excluding hydrogens is 344 g/mol. The molecule has 4 rings (SSSR count). The van der Waals surface area contributed by atoms with Gasteiger partial charge < -0.3 is 24.0 Å². The second-order valence-corrected chi connectivity index (χ2v) is 6.67. The summed E-state index contributed by atoms with van der Waals surface area (Å²) in [5, 5.41) is 0. The molecule has 0 saturated carbocycles. The van der Waals surface area contributed by atoms with Crippen LogP contribution in [0.5, 0.6) is 11.5 Å². The molecule has 0 aliphatic carbocycles. The quantitative estimate of drug-likeness (QED) is 0.833. The van der Waals surface area contributed by atoms with E-state index in [1.807, 2.05) is 29.2 Å². The molecule has 0 atom stereocenters. The third-order valence-corrected chi connectivity index (χ3v) is 5.02. The largest absolute Gasteiger partial charge is 0.496 e. The first kappa shape index (κ1) is 17.7. The summed E-state index contributed by atoms with van der Waals surface area (Å²) >= 11 is 0. The molecule has 27 heavy (non-hydrogen) atoms. The first-order valence-corrected chi connectivity index (χ1v) is 9.27. The number of ether oxygens (including phenoxy) is 3. The summed E-state index contributed by atoms with van der Waals surface area (Å²) in [6.07, 6.45) is 0. The lowest BCUT2D eigenvalue weighted by molar-refractivity contribution is 0.0730. The van der Waals surface area contributed by atoms with Crippen molar-refractivity contribution in [3.8, 4) is 11.5 Å². The first-order chi connectivity index (χ1) is 13.3. The third-order valence-electron chi connectivity index (χ3n) is 5.02. The van der Waals surface area contributed by atoms with Gasteiger partial charge in [-0.3, -0.25) is 4.79 Å². The summed E-state index contributed by atoms with van der Waals surface area (Å²) < 4.78 is 16.7. The van der Waals surface area contributed by atoms with Gasteiger partial charge in [0, 0.05) is 30.9 Å². The van der Waals surface area contributed by atoms with Gasteiger partial charge in [0.2, 0.25) is 0 Å². The maximum Gasteiger partial charge on any atom is 0.258 e. The molecule has 2 heterocycles. The Labute approximate surface area is 159 Å². The van der Waals surface area contributed by atoms with Gasteiger partial charge in [-0.2, -0.15) is 0 Å². The van der Waals surface area contributed by atoms with E-state index in [4.69, 9.17) is 14.2 Å². The number of carbonyl (C=O) groups is 1. The molecule has 2 aromatic carbocycles. The van der Waals surface area contributed by atoms with E-state index in [1.165, 1.54) is 0 Å². The summed E-state index contributed by atoms with van der Waals surface area (Å²) in [5.41, 5.74) is 2.75. The van der Waals surface area contributed by atoms with Crippen molar-refractivity contribution in [1.29, 1.82) is 0 Å². The highest BCUT2D eigenvalue weighted by atomic mass is 16.5. The van der Waals surface area contributed by atoms with Crippen LogP contribution in [0.25, 0.3) is 0 Å². The number of hydrogen-bond donors (Lipinski definition) is 0. The number of anilines is 1. The summed E-state index contributed by atoms with van der Waals surface area (Å²) in [6.45, 7) is 4.78. The van der Waals surface area contributed by atoms with E-state index in [9.17, 15) is 4.79 Å². The van der Waals surface area contributed by atoms with Crippen molar-refractivity contribution in [2.24, 2.45) is 0 Å². The van der Waals surface area contributed by atoms with Crippen LogP contribution in [-0.4, -0.2) is 57.4 Å². The van der Waals surface area contributed by atoms with Crippen LogP contribution in [0.2, 0.25) is 0 Å². The smallest absolute Gasteiger partial charge is 0.258 e. The van der Waals surface area contributed by atoms with Crippen molar-refractivity contribution in [3.05, 3.63) is 53.6 Å². The maximum atomic E-state index is 13.1. The van der Waals surface area contributed by atoms with Crippen molar-refractivity contribution in [2.75, 3.05) is 51.5 Å². The fourth-order valence-electron chi connectivity index (χ4n) is 3.56. The minimum atomic E-state index is -0.0410. The Morgan fingerprint density at radius 3 is 2.67 bits per heavy atom. The number of amides is 1. The highest BCUT2D eigenvalue weighted by Gasteiger charge is 2.24. The molecule has 142 valence electrons. The Kier molecular flexibility index (Phi) is 5.16. The Morgan fingerprint density at radius 1 is 1.04 bits per heavy atom. The fraction of sp³-hybridized carbons (Fsp3) is 0.381. The molecule has 2 aliphatic rings. The normalized spacial score (nSPS) is 16.9. The number of fused-ring (bicyclic) bond motifs is 1. The highest BCUT2D eigenvalue weighted by molar-refractivity contribution is 5.97. The highest BCUT2D eigenvalue weighted by Crippen LogP contribution is 2.30. The molecule has 0 unspecified atom stereocenters. The zero-order valence-corrected chi connectivity index (χ0v) is 15.5. The number of para-hydroxylation sites is 1. The number of morpholine rings is 1. The van der Waals surface area contributed by atoms with Crippen molar-refractivity contribution in [2.45, 2.75) is 6.54 Å². The van der Waals surface area contributed by atoms with Crippen LogP contribution >= 0.6 is 0 Å². The molecule has 2 aromatic rings. The molecule has 0 spiro atoms. The second-order valence-electron chi connectivity index (χ2n) is 6.67. The van der Waals surface area contributed by atoms with Crippen molar-refractivity contribution < 1.29 is 19.0 Å². The SMILES string of the molecule is COc1ccccc1C(=O)N1CCOc2ccc(N3CCOCC3)cc2C1. The number of rotatable bonds is 3. The van der Waals surface area contributed by atoms with Crippen LogP contribution in [-0.2, 0) is 11.3 Å². The fourth-order valence-corrected chi connectivity index (χ4v) is 3.56. The van der Waals surface area contributed by atoms with Gasteiger partial charge in [-0.05, 0) is 30.3 Å². The number of methoxy groups -OCH3 is 1. The topological polar surface area (TPSA) is 51.2 Å². The van der Waals surface area contributed by atoms with Crippen molar-refractivity contribution in [1.82, 2.24) is 4.90 Å². The van der Waals surface area contributed by atoms with E-state index in [0.717, 1.165) is 43.3 Å². The van der Waals surface area contributed by atoms with E-state index >= 15 is 0 Å². The Morgan fingerprint density at radius 2 is 1.85 bits per heavy atom. The van der Waals surface area contributed by atoms with Crippen LogP contribution in [0.3, 0.4) is 0 Å². The van der Waals surface area contributed by atoms with E-state index in [2.05, 4.69) is 17.0 Å². The summed E-state index contributed by atoms with van der Waals surface area (Å²) in [6, 6.07) is 13.6. The van der Waals surface area contributed by atoms with Crippen molar-refractivity contribution >= 4 is 11.6 Å². The molecule has 6 nitrogen and oxygen atoms in total. The molecule has 0 aromatic heterocycles. The van der Waals surface area contributed by atoms with Crippen LogP contribution in [0.1, 0.15) is 15.9 Å². The average Bonchev–Trinajstić information content (AvgIpc) is 2.95. The lowest BCUT2D eigenvalue weighted by Gasteiger charge is -2.29. The van der Waals surface area contributed by atoms with Gasteiger partial charge in [-0.15, -0.1) is 0 Å². The van der Waals surface area contributed by atoms with Gasteiger partial charge in [-0.1, -0.05) is 12.1 Å². The van der Waals surface area contributed by atoms with Crippen molar-refractivity contribution in [3.63, 3.8) is 0 Å². The Bertz CT molecular complexity index is 818. The molecule has 0 N–H and O–H groups in total. The number of hydrogen-bond acceptors (Lipinski definition) is 5. The average molecular weight is 368 g/mol. The summed E-state index contributed by atoms with van der Waals surface area (Å²) in [4.78, 5) is 17.2. The standard InChI is InChI=1S/C21H24N2O4/c1-25-20-5-3-2-4-18(20)21(24)23-10-13-27-19-7-6-17(14-16(19)15-23)22-8-11-26-12-9-22/h2-7,14H,8-13,15H2,1H3. The van der Waals surface area contributed by atoms with Crippen LogP contribution in [0.4, 0.5) is 5.69 Å². The van der Waals surface area contributed by atoms with Gasteiger partial charge >= 0.3 is 0 Å².